The van der Waals surface area contributed by atoms with Crippen LogP contribution in [-0.2, 0) is 4.79 Å². The fourth-order valence-electron chi connectivity index (χ4n) is 1.67. The van der Waals surface area contributed by atoms with Crippen molar-refractivity contribution in [2.45, 2.75) is 26.7 Å². The van der Waals surface area contributed by atoms with E-state index in [9.17, 15) is 9.90 Å². The number of benzene rings is 1. The quantitative estimate of drug-likeness (QED) is 0.767. The van der Waals surface area contributed by atoms with Gasteiger partial charge in [0.05, 0.1) is 5.57 Å². The lowest BCUT2D eigenvalue weighted by atomic mass is 9.96. The highest BCUT2D eigenvalue weighted by Gasteiger charge is 2.11. The molecule has 1 rings (SSSR count). The van der Waals surface area contributed by atoms with Gasteiger partial charge in [-0.2, -0.15) is 0 Å². The Kier molecular flexibility index (Phi) is 4.77. The molecule has 0 saturated heterocycles. The van der Waals surface area contributed by atoms with Crippen molar-refractivity contribution in [1.29, 1.82) is 0 Å². The third-order valence-corrected chi connectivity index (χ3v) is 2.77. The highest BCUT2D eigenvalue weighted by Crippen LogP contribution is 2.20. The first-order valence-electron chi connectivity index (χ1n) is 5.69. The minimum Gasteiger partial charge on any atom is -0.478 e. The van der Waals surface area contributed by atoms with Crippen LogP contribution in [0.4, 0.5) is 0 Å². The maximum Gasteiger partial charge on any atom is 0.335 e. The summed E-state index contributed by atoms with van der Waals surface area (Å²) in [4.78, 5) is 11.2. The van der Waals surface area contributed by atoms with Crippen molar-refractivity contribution >= 4 is 11.5 Å². The molecule has 1 aromatic rings. The molecule has 0 aliphatic rings. The zero-order valence-corrected chi connectivity index (χ0v) is 9.81. The first-order valence-corrected chi connectivity index (χ1v) is 5.69. The summed E-state index contributed by atoms with van der Waals surface area (Å²) in [6.45, 7) is 4.16. The minimum atomic E-state index is -0.849. The van der Waals surface area contributed by atoms with Crippen molar-refractivity contribution < 1.29 is 9.90 Å². The predicted octanol–water partition coefficient (Wildman–Crippen LogP) is 3.59. The molecule has 16 heavy (non-hydrogen) atoms. The highest BCUT2D eigenvalue weighted by atomic mass is 16.4. The monoisotopic (exact) mass is 218 g/mol. The Morgan fingerprint density at radius 1 is 1.25 bits per heavy atom. The predicted molar refractivity (Wildman–Crippen MR) is 66.1 cm³/mol. The van der Waals surface area contributed by atoms with Gasteiger partial charge in [-0.3, -0.25) is 0 Å². The Bertz CT molecular complexity index is 362. The Morgan fingerprint density at radius 2 is 1.81 bits per heavy atom. The molecular weight excluding hydrogens is 200 g/mol. The SMILES string of the molecule is CCC(C=C(C(=O)O)c1ccccc1)CC. The van der Waals surface area contributed by atoms with Gasteiger partial charge in [-0.15, -0.1) is 0 Å². The van der Waals surface area contributed by atoms with E-state index in [0.29, 0.717) is 11.5 Å². The lowest BCUT2D eigenvalue weighted by Crippen LogP contribution is -2.03. The zero-order chi connectivity index (χ0) is 12.0. The number of carboxylic acids is 1. The zero-order valence-electron chi connectivity index (χ0n) is 9.81. The first kappa shape index (κ1) is 12.5. The van der Waals surface area contributed by atoms with Gasteiger partial charge in [-0.05, 0) is 24.3 Å². The van der Waals surface area contributed by atoms with E-state index in [2.05, 4.69) is 13.8 Å². The molecule has 86 valence electrons. The second-order valence-electron chi connectivity index (χ2n) is 3.83. The van der Waals surface area contributed by atoms with E-state index in [-0.39, 0.29) is 0 Å². The molecule has 0 aliphatic carbocycles. The molecule has 0 atom stereocenters. The standard InChI is InChI=1S/C14H18O2/c1-3-11(4-2)10-13(14(15)16)12-8-6-5-7-9-12/h5-11H,3-4H2,1-2H3,(H,15,16). The van der Waals surface area contributed by atoms with Crippen LogP contribution in [0.15, 0.2) is 36.4 Å². The third-order valence-electron chi connectivity index (χ3n) is 2.77. The number of carboxylic acid groups (broad SMARTS) is 1. The van der Waals surface area contributed by atoms with Crippen molar-refractivity contribution in [3.8, 4) is 0 Å². The normalized spacial score (nSPS) is 11.8. The summed E-state index contributed by atoms with van der Waals surface area (Å²) in [5.41, 5.74) is 1.19. The van der Waals surface area contributed by atoms with Gasteiger partial charge in [0, 0.05) is 0 Å². The first-order chi connectivity index (χ1) is 7.69. The van der Waals surface area contributed by atoms with Crippen molar-refractivity contribution in [2.75, 3.05) is 0 Å². The van der Waals surface area contributed by atoms with E-state index in [1.807, 2.05) is 36.4 Å². The van der Waals surface area contributed by atoms with Crippen molar-refractivity contribution in [3.63, 3.8) is 0 Å². The molecule has 1 aromatic carbocycles. The number of hydrogen-bond donors (Lipinski definition) is 1. The Labute approximate surface area is 96.6 Å². The molecule has 0 fully saturated rings. The number of hydrogen-bond acceptors (Lipinski definition) is 1. The molecule has 0 spiro atoms. The summed E-state index contributed by atoms with van der Waals surface area (Å²) < 4.78 is 0. The number of rotatable bonds is 5. The fraction of sp³-hybridized carbons (Fsp3) is 0.357. The maximum atomic E-state index is 11.2. The van der Waals surface area contributed by atoms with E-state index in [1.165, 1.54) is 0 Å². The van der Waals surface area contributed by atoms with Gasteiger partial charge < -0.3 is 5.11 Å². The molecule has 0 heterocycles. The second-order valence-corrected chi connectivity index (χ2v) is 3.83. The minimum absolute atomic E-state index is 0.339. The van der Waals surface area contributed by atoms with Crippen LogP contribution >= 0.6 is 0 Å². The van der Waals surface area contributed by atoms with E-state index < -0.39 is 5.97 Å². The second kappa shape index (κ2) is 6.11. The molecule has 0 saturated carbocycles. The maximum absolute atomic E-state index is 11.2. The molecule has 0 aliphatic heterocycles. The van der Waals surface area contributed by atoms with Crippen LogP contribution in [0, 0.1) is 5.92 Å². The summed E-state index contributed by atoms with van der Waals surface area (Å²) in [6.07, 6.45) is 3.82. The number of carbonyl (C=O) groups is 1. The van der Waals surface area contributed by atoms with Gasteiger partial charge in [-0.1, -0.05) is 50.3 Å². The topological polar surface area (TPSA) is 37.3 Å². The van der Waals surface area contributed by atoms with Crippen LogP contribution in [0.1, 0.15) is 32.3 Å². The van der Waals surface area contributed by atoms with E-state index >= 15 is 0 Å². The molecule has 0 radical (unpaired) electrons. The molecular formula is C14H18O2. The molecule has 0 unspecified atom stereocenters. The summed E-state index contributed by atoms with van der Waals surface area (Å²) >= 11 is 0. The Morgan fingerprint density at radius 3 is 2.25 bits per heavy atom. The van der Waals surface area contributed by atoms with Gasteiger partial charge in [0.1, 0.15) is 0 Å². The van der Waals surface area contributed by atoms with E-state index in [4.69, 9.17) is 0 Å². The molecule has 0 amide bonds. The lowest BCUT2D eigenvalue weighted by Gasteiger charge is -2.09. The van der Waals surface area contributed by atoms with Crippen molar-refractivity contribution in [1.82, 2.24) is 0 Å². The number of allylic oxidation sites excluding steroid dienone is 1. The van der Waals surface area contributed by atoms with Crippen LogP contribution in [0.3, 0.4) is 0 Å². The smallest absolute Gasteiger partial charge is 0.335 e. The fourth-order valence-corrected chi connectivity index (χ4v) is 1.67. The molecule has 0 aromatic heterocycles. The van der Waals surface area contributed by atoms with E-state index in [0.717, 1.165) is 18.4 Å². The van der Waals surface area contributed by atoms with Gasteiger partial charge in [0.25, 0.3) is 0 Å². The third kappa shape index (κ3) is 3.23. The van der Waals surface area contributed by atoms with Gasteiger partial charge >= 0.3 is 5.97 Å². The molecule has 1 N–H and O–H groups in total. The Balaban J connectivity index is 3.05. The van der Waals surface area contributed by atoms with Crippen molar-refractivity contribution in [3.05, 3.63) is 42.0 Å². The van der Waals surface area contributed by atoms with E-state index in [1.54, 1.807) is 0 Å². The summed E-state index contributed by atoms with van der Waals surface area (Å²) in [6, 6.07) is 9.28. The van der Waals surface area contributed by atoms with Crippen LogP contribution in [0.25, 0.3) is 5.57 Å². The highest BCUT2D eigenvalue weighted by molar-refractivity contribution is 6.15. The summed E-state index contributed by atoms with van der Waals surface area (Å²) in [5.74, 6) is -0.510. The largest absolute Gasteiger partial charge is 0.478 e. The number of aliphatic carboxylic acids is 1. The van der Waals surface area contributed by atoms with Gasteiger partial charge in [0.15, 0.2) is 0 Å². The average molecular weight is 218 g/mol. The molecule has 0 bridgehead atoms. The molecule has 2 heteroatoms. The van der Waals surface area contributed by atoms with Crippen molar-refractivity contribution in [2.24, 2.45) is 5.92 Å². The van der Waals surface area contributed by atoms with Crippen LogP contribution in [0.5, 0.6) is 0 Å². The Hall–Kier alpha value is -1.57. The average Bonchev–Trinajstić information content (AvgIpc) is 2.31. The van der Waals surface area contributed by atoms with Crippen LogP contribution in [0.2, 0.25) is 0 Å². The van der Waals surface area contributed by atoms with Gasteiger partial charge in [-0.25, -0.2) is 4.79 Å². The lowest BCUT2D eigenvalue weighted by molar-refractivity contribution is -0.130. The molecule has 2 nitrogen and oxygen atoms in total. The summed E-state index contributed by atoms with van der Waals surface area (Å²) in [5, 5.41) is 9.20. The van der Waals surface area contributed by atoms with Crippen LogP contribution < -0.4 is 0 Å². The van der Waals surface area contributed by atoms with Crippen LogP contribution in [-0.4, -0.2) is 11.1 Å². The van der Waals surface area contributed by atoms with Gasteiger partial charge in [0.2, 0.25) is 0 Å². The summed E-state index contributed by atoms with van der Waals surface area (Å²) in [7, 11) is 0.